The molecule has 2 saturated carbocycles. The summed E-state index contributed by atoms with van der Waals surface area (Å²) in [5, 5.41) is 53.8. The maximum atomic E-state index is 14.2. The number of ketones is 1. The van der Waals surface area contributed by atoms with Gasteiger partial charge in [-0.1, -0.05) is 66.2 Å². The minimum atomic E-state index is -1.81. The van der Waals surface area contributed by atoms with Gasteiger partial charge in [-0.2, -0.15) is 5.21 Å². The fraction of sp³-hybridized carbons (Fsp3) is 0.718. The van der Waals surface area contributed by atoms with E-state index in [1.807, 2.05) is 5.48 Å². The molecule has 24 nitrogen and oxygen atoms in total. The molecule has 1 heterocycles. The first-order valence-electron chi connectivity index (χ1n) is 21.2. The summed E-state index contributed by atoms with van der Waals surface area (Å²) in [5.41, 5.74) is 0.695. The molecule has 0 saturated heterocycles. The predicted molar refractivity (Wildman–Crippen MR) is 215 cm³/mol. The Bertz CT molecular complexity index is 1800. The monoisotopic (exact) mass is 892 g/mol. The molecule has 1 aromatic heterocycles. The average Bonchev–Trinajstić information content (AvgIpc) is 3.79. The van der Waals surface area contributed by atoms with Crippen molar-refractivity contribution < 1.29 is 68.1 Å². The summed E-state index contributed by atoms with van der Waals surface area (Å²) in [7, 11) is 0. The largest absolute Gasteiger partial charge is 0.481 e. The molecule has 63 heavy (non-hydrogen) atoms. The van der Waals surface area contributed by atoms with Crippen LogP contribution in [0.25, 0.3) is 0 Å². The van der Waals surface area contributed by atoms with Crippen molar-refractivity contribution in [3.05, 3.63) is 5.82 Å². The molecule has 2 aliphatic rings. The summed E-state index contributed by atoms with van der Waals surface area (Å²) < 4.78 is 0. The van der Waals surface area contributed by atoms with Crippen LogP contribution >= 0.6 is 0 Å². The molecule has 1 aromatic rings. The van der Waals surface area contributed by atoms with E-state index in [1.54, 1.807) is 27.7 Å². The van der Waals surface area contributed by atoms with Gasteiger partial charge >= 0.3 is 23.9 Å². The summed E-state index contributed by atoms with van der Waals surface area (Å²) in [6, 6.07) is -7.14. The Hall–Kier alpha value is -6.07. The van der Waals surface area contributed by atoms with Gasteiger partial charge in [0.05, 0.1) is 19.3 Å². The predicted octanol–water partition coefficient (Wildman–Crippen LogP) is -0.346. The maximum Gasteiger partial charge on any atom is 0.325 e. The van der Waals surface area contributed by atoms with Gasteiger partial charge in [-0.05, 0) is 55.1 Å². The number of nitrogens with one attached hydrogen (secondary N) is 7. The number of tetrazole rings is 1. The van der Waals surface area contributed by atoms with Gasteiger partial charge < -0.3 is 46.7 Å². The lowest BCUT2D eigenvalue weighted by atomic mass is 9.84. The van der Waals surface area contributed by atoms with Crippen LogP contribution in [0.5, 0.6) is 0 Å². The number of carbonyl (C=O) groups is 10. The lowest BCUT2D eigenvalue weighted by molar-refractivity contribution is -0.159. The molecule has 0 bridgehead atoms. The first-order valence-corrected chi connectivity index (χ1v) is 21.2. The minimum Gasteiger partial charge on any atom is -0.481 e. The van der Waals surface area contributed by atoms with Crippen molar-refractivity contribution in [1.29, 1.82) is 0 Å². The van der Waals surface area contributed by atoms with Gasteiger partial charge in [0.1, 0.15) is 35.7 Å². The van der Waals surface area contributed by atoms with Crippen molar-refractivity contribution in [3.8, 4) is 0 Å². The molecule has 1 unspecified atom stereocenters. The van der Waals surface area contributed by atoms with Crippen LogP contribution in [0, 0.1) is 17.8 Å². The number of carboxylic acid groups (broad SMARTS) is 3. The van der Waals surface area contributed by atoms with Crippen molar-refractivity contribution >= 4 is 59.2 Å². The van der Waals surface area contributed by atoms with Gasteiger partial charge in [0.25, 0.3) is 0 Å². The molecule has 10 N–H and O–H groups in total. The second-order valence-corrected chi connectivity index (χ2v) is 16.6. The van der Waals surface area contributed by atoms with Crippen LogP contribution in [0.3, 0.4) is 0 Å². The van der Waals surface area contributed by atoms with Gasteiger partial charge in [0.2, 0.25) is 41.1 Å². The average molecular weight is 893 g/mol. The van der Waals surface area contributed by atoms with Gasteiger partial charge in [0, 0.05) is 6.42 Å². The van der Waals surface area contributed by atoms with Crippen LogP contribution in [-0.2, 0) is 48.0 Å². The van der Waals surface area contributed by atoms with Crippen molar-refractivity contribution in [3.63, 3.8) is 0 Å². The number of aromatic amines is 1. The van der Waals surface area contributed by atoms with Crippen molar-refractivity contribution in [1.82, 2.24) is 52.7 Å². The number of amides is 5. The van der Waals surface area contributed by atoms with Gasteiger partial charge in [-0.25, -0.2) is 0 Å². The fourth-order valence-corrected chi connectivity index (χ4v) is 7.08. The smallest absolute Gasteiger partial charge is 0.325 e. The molecule has 0 radical (unpaired) electrons. The van der Waals surface area contributed by atoms with Gasteiger partial charge in [-0.15, -0.1) is 15.7 Å². The minimum absolute atomic E-state index is 0.00467. The molecule has 3 rings (SSSR count). The Morgan fingerprint density at radius 2 is 1.33 bits per heavy atom. The number of Topliss-reactive ketones (excluding diaryl/α,β-unsaturated/α-hetero) is 1. The second-order valence-electron chi connectivity index (χ2n) is 16.6. The highest BCUT2D eigenvalue weighted by atomic mass is 16.7. The third kappa shape index (κ3) is 17.0. The number of nitrogens with zero attached hydrogens (tertiary/aromatic N) is 3. The van der Waals surface area contributed by atoms with Crippen molar-refractivity contribution in [2.24, 2.45) is 17.8 Å². The number of hydroxylamine groups is 1. The second kappa shape index (κ2) is 24.5. The lowest BCUT2D eigenvalue weighted by Gasteiger charge is -2.31. The highest BCUT2D eigenvalue weighted by Gasteiger charge is 2.53. The van der Waals surface area contributed by atoms with Crippen LogP contribution in [0.15, 0.2) is 0 Å². The number of rotatable bonds is 28. The number of carbonyl (C=O) groups excluding carboxylic acids is 7. The summed E-state index contributed by atoms with van der Waals surface area (Å²) in [6.45, 7) is 7.00. The topological polar surface area (TPSA) is 367 Å². The molecule has 24 heteroatoms. The first kappa shape index (κ1) is 51.3. The normalized spacial score (nSPS) is 17.3. The summed E-state index contributed by atoms with van der Waals surface area (Å²) in [6.07, 6.45) is 2.56. The third-order valence-electron chi connectivity index (χ3n) is 11.0. The molecule has 350 valence electrons. The van der Waals surface area contributed by atoms with E-state index in [0.717, 1.165) is 32.1 Å². The van der Waals surface area contributed by atoms with Crippen LogP contribution in [0.2, 0.25) is 0 Å². The molecule has 6 atom stereocenters. The molecular formula is C39H60N10O14. The highest BCUT2D eigenvalue weighted by Crippen LogP contribution is 2.38. The Kier molecular flexibility index (Phi) is 20.0. The zero-order chi connectivity index (χ0) is 46.9. The molecule has 2 aliphatic carbocycles. The van der Waals surface area contributed by atoms with E-state index in [9.17, 15) is 58.2 Å². The molecular weight excluding hydrogens is 832 g/mol. The maximum absolute atomic E-state index is 14.2. The summed E-state index contributed by atoms with van der Waals surface area (Å²) in [4.78, 5) is 133. The quantitative estimate of drug-likeness (QED) is 0.0380. The highest BCUT2D eigenvalue weighted by molar-refractivity contribution is 6.05. The number of hydrogen-bond acceptors (Lipinski definition) is 15. The number of carboxylic acids is 3. The molecule has 0 aliphatic heterocycles. The number of H-pyrrole nitrogens is 1. The van der Waals surface area contributed by atoms with E-state index >= 15 is 0 Å². The Balaban J connectivity index is 1.81. The third-order valence-corrected chi connectivity index (χ3v) is 11.0. The Morgan fingerprint density at radius 3 is 1.89 bits per heavy atom. The summed E-state index contributed by atoms with van der Waals surface area (Å²) in [5.74, 6) is -11.0. The van der Waals surface area contributed by atoms with Crippen LogP contribution in [0.1, 0.15) is 135 Å². The number of aromatic nitrogens is 4. The Labute approximate surface area is 362 Å². The standard InChI is InChI=1S/C39H60N10O14/c1-5-21(4)31(38(62)42-25(18-22-9-7-6-8-10-22)37(61)44-39(15-16-39)32(57)33-45-48-49-46-33)43-35(59)24(17-20(2)3)41-34(58)23(11-12-27(50)51)40-36(60)26(19-29(54)55)47-63-30(56)14-13-28(52)53/h20-26,31,47H,5-19H2,1-4H3,(H,40,60)(H,41,58)(H,42,62)(H,43,59)(H,44,61)(H,50,51)(H,52,53)(H,54,55)(H,45,46,48,49)/t21?,23-,24+,25+,26+,31+/m1/s1. The number of hydrogen-bond donors (Lipinski definition) is 10. The van der Waals surface area contributed by atoms with Crippen molar-refractivity contribution in [2.45, 2.75) is 160 Å². The van der Waals surface area contributed by atoms with Gasteiger partial charge in [-0.3, -0.25) is 47.9 Å². The Morgan fingerprint density at radius 1 is 0.730 bits per heavy atom. The van der Waals surface area contributed by atoms with E-state index in [-0.39, 0.29) is 30.5 Å². The molecule has 0 spiro atoms. The van der Waals surface area contributed by atoms with E-state index in [4.69, 9.17) is 5.11 Å². The molecule has 2 fully saturated rings. The first-order chi connectivity index (χ1) is 29.7. The zero-order valence-corrected chi connectivity index (χ0v) is 35.9. The van der Waals surface area contributed by atoms with Crippen molar-refractivity contribution in [2.75, 3.05) is 0 Å². The van der Waals surface area contributed by atoms with Crippen LogP contribution in [0.4, 0.5) is 0 Å². The number of aliphatic carboxylic acids is 3. The molecule has 5 amide bonds. The van der Waals surface area contributed by atoms with E-state index < -0.39 is 133 Å². The van der Waals surface area contributed by atoms with Crippen LogP contribution in [-0.4, -0.2) is 131 Å². The van der Waals surface area contributed by atoms with E-state index in [2.05, 4.69) is 52.0 Å². The summed E-state index contributed by atoms with van der Waals surface area (Å²) >= 11 is 0. The van der Waals surface area contributed by atoms with Crippen LogP contribution < -0.4 is 32.1 Å². The lowest BCUT2D eigenvalue weighted by Crippen LogP contribution is -2.61. The SMILES string of the molecule is CCC(C)[C@H](NC(=O)[C@H](CC(C)C)NC(=O)[C@@H](CCC(=O)O)NC(=O)[C@H](CC(=O)O)NOC(=O)CCC(=O)O)C(=O)N[C@@H](CC1CCCCC1)C(=O)NC1(C(=O)c2nn[nH]n2)CC1. The van der Waals surface area contributed by atoms with E-state index in [1.165, 1.54) is 0 Å². The van der Waals surface area contributed by atoms with E-state index in [0.29, 0.717) is 19.3 Å². The fourth-order valence-electron chi connectivity index (χ4n) is 7.08. The van der Waals surface area contributed by atoms with Gasteiger partial charge in [0.15, 0.2) is 0 Å². The zero-order valence-electron chi connectivity index (χ0n) is 35.9. The molecule has 0 aromatic carbocycles.